The summed E-state index contributed by atoms with van der Waals surface area (Å²) < 4.78 is 16.9. The van der Waals surface area contributed by atoms with E-state index in [2.05, 4.69) is 69.4 Å². The van der Waals surface area contributed by atoms with Gasteiger partial charge in [-0.05, 0) is 96.3 Å². The van der Waals surface area contributed by atoms with Crippen molar-refractivity contribution < 1.29 is 28.6 Å². The molecule has 0 saturated heterocycles. The first-order valence-electron chi connectivity index (χ1n) is 33.6. The first-order chi connectivity index (χ1) is 37.5. The first kappa shape index (κ1) is 73.4. The zero-order valence-electron chi connectivity index (χ0n) is 51.0. The molecule has 1 atom stereocenters. The van der Waals surface area contributed by atoms with Gasteiger partial charge in [-0.1, -0.05) is 294 Å². The lowest BCUT2D eigenvalue weighted by atomic mass is 10.0. The van der Waals surface area contributed by atoms with Crippen LogP contribution in [-0.4, -0.2) is 37.2 Å². The van der Waals surface area contributed by atoms with E-state index in [4.69, 9.17) is 14.2 Å². The number of hydrogen-bond donors (Lipinski definition) is 0. The Morgan fingerprint density at radius 1 is 0.263 bits per heavy atom. The smallest absolute Gasteiger partial charge is 0.306 e. The summed E-state index contributed by atoms with van der Waals surface area (Å²) in [5, 5.41) is 0. The van der Waals surface area contributed by atoms with Gasteiger partial charge in [-0.15, -0.1) is 0 Å². The molecule has 0 heterocycles. The van der Waals surface area contributed by atoms with Crippen LogP contribution in [0.1, 0.15) is 361 Å². The molecule has 0 spiro atoms. The zero-order chi connectivity index (χ0) is 55.0. The highest BCUT2D eigenvalue weighted by Gasteiger charge is 2.19. The molecule has 0 aromatic heterocycles. The largest absolute Gasteiger partial charge is 0.462 e. The van der Waals surface area contributed by atoms with E-state index in [0.717, 1.165) is 89.9 Å². The maximum Gasteiger partial charge on any atom is 0.306 e. The van der Waals surface area contributed by atoms with Gasteiger partial charge in [0.05, 0.1) is 0 Å². The molecular weight excluding hydrogens is 937 g/mol. The van der Waals surface area contributed by atoms with Crippen LogP contribution in [0.5, 0.6) is 0 Å². The number of allylic oxidation sites excluding steroid dienone is 8. The van der Waals surface area contributed by atoms with Crippen molar-refractivity contribution in [2.75, 3.05) is 13.2 Å². The fourth-order valence-corrected chi connectivity index (χ4v) is 9.92. The molecule has 1 unspecified atom stereocenters. The number of esters is 3. The number of carbonyl (C=O) groups excluding carboxylic acids is 3. The van der Waals surface area contributed by atoms with Gasteiger partial charge in [0.1, 0.15) is 13.2 Å². The van der Waals surface area contributed by atoms with Gasteiger partial charge in [0.25, 0.3) is 0 Å². The number of carbonyl (C=O) groups is 3. The highest BCUT2D eigenvalue weighted by atomic mass is 16.6. The van der Waals surface area contributed by atoms with Gasteiger partial charge >= 0.3 is 17.9 Å². The van der Waals surface area contributed by atoms with Crippen LogP contribution in [0.4, 0.5) is 0 Å². The average molecular weight is 1070 g/mol. The summed E-state index contributed by atoms with van der Waals surface area (Å²) in [5.41, 5.74) is 0. The Kier molecular flexibility index (Phi) is 62.6. The molecule has 0 aliphatic rings. The fraction of sp³-hybridized carbons (Fsp3) is 0.843. The molecular formula is C70H128O6. The Hall–Kier alpha value is -2.63. The third-order valence-electron chi connectivity index (χ3n) is 15.0. The van der Waals surface area contributed by atoms with Gasteiger partial charge in [-0.2, -0.15) is 0 Å². The predicted octanol–water partition coefficient (Wildman–Crippen LogP) is 22.9. The average Bonchev–Trinajstić information content (AvgIpc) is 3.42. The normalized spacial score (nSPS) is 12.3. The molecule has 6 nitrogen and oxygen atoms in total. The van der Waals surface area contributed by atoms with E-state index in [1.54, 1.807) is 0 Å². The minimum Gasteiger partial charge on any atom is -0.462 e. The van der Waals surface area contributed by atoms with E-state index in [1.807, 2.05) is 0 Å². The monoisotopic (exact) mass is 1060 g/mol. The second-order valence-corrected chi connectivity index (χ2v) is 22.7. The van der Waals surface area contributed by atoms with E-state index < -0.39 is 6.10 Å². The lowest BCUT2D eigenvalue weighted by molar-refractivity contribution is -0.167. The second-order valence-electron chi connectivity index (χ2n) is 22.7. The molecule has 0 amide bonds. The van der Waals surface area contributed by atoms with Gasteiger partial charge in [-0.25, -0.2) is 0 Å². The van der Waals surface area contributed by atoms with E-state index in [-0.39, 0.29) is 31.1 Å². The summed E-state index contributed by atoms with van der Waals surface area (Å²) in [6, 6.07) is 0. The van der Waals surface area contributed by atoms with Crippen molar-refractivity contribution in [1.29, 1.82) is 0 Å². The van der Waals surface area contributed by atoms with Gasteiger partial charge in [0, 0.05) is 19.3 Å². The van der Waals surface area contributed by atoms with Crippen LogP contribution in [-0.2, 0) is 28.6 Å². The van der Waals surface area contributed by atoms with Crippen molar-refractivity contribution in [2.45, 2.75) is 367 Å². The molecule has 0 saturated carbocycles. The molecule has 444 valence electrons. The quantitative estimate of drug-likeness (QED) is 0.0261. The lowest BCUT2D eigenvalue weighted by Gasteiger charge is -2.18. The van der Waals surface area contributed by atoms with Crippen LogP contribution in [0.15, 0.2) is 48.6 Å². The van der Waals surface area contributed by atoms with E-state index in [0.29, 0.717) is 19.3 Å². The number of ether oxygens (including phenoxy) is 3. The highest BCUT2D eigenvalue weighted by molar-refractivity contribution is 5.71. The summed E-state index contributed by atoms with van der Waals surface area (Å²) in [6.45, 7) is 6.61. The number of rotatable bonds is 62. The van der Waals surface area contributed by atoms with Crippen LogP contribution < -0.4 is 0 Å². The fourth-order valence-electron chi connectivity index (χ4n) is 9.92. The third kappa shape index (κ3) is 62.2. The number of hydrogen-bond acceptors (Lipinski definition) is 6. The Balaban J connectivity index is 4.12. The standard InChI is InChI=1S/C70H128O6/c1-4-7-10-13-16-19-22-25-27-28-29-30-31-32-33-34-35-36-37-38-39-40-41-42-43-46-48-51-54-57-60-63-69(72)75-66-67(65-74-68(71)62-59-56-53-50-47-44-24-21-18-15-12-9-6-3)76-70(73)64-61-58-55-52-49-45-26-23-20-17-14-11-8-5-2/h14,17,21,23-24,26,28-29,67H,4-13,15-16,18-20,22,25,27,30-66H2,1-3H3/b17-14-,24-21-,26-23-,29-28-. The molecule has 0 radical (unpaired) electrons. The van der Waals surface area contributed by atoms with Crippen molar-refractivity contribution in [3.8, 4) is 0 Å². The Morgan fingerprint density at radius 2 is 0.487 bits per heavy atom. The second kappa shape index (κ2) is 64.9. The van der Waals surface area contributed by atoms with Crippen molar-refractivity contribution in [3.05, 3.63) is 48.6 Å². The van der Waals surface area contributed by atoms with Gasteiger partial charge in [-0.3, -0.25) is 14.4 Å². The molecule has 0 bridgehead atoms. The highest BCUT2D eigenvalue weighted by Crippen LogP contribution is 2.17. The SMILES string of the molecule is CCCC/C=C\C/C=C\CCCCCCCC(=O)OC(COC(=O)CCCCCCC/C=C\CCCCCC)COC(=O)CCCCCCCCCCCCCCCCCCCCC/C=C\CCCCCCCCCC. The van der Waals surface area contributed by atoms with Crippen molar-refractivity contribution in [1.82, 2.24) is 0 Å². The molecule has 76 heavy (non-hydrogen) atoms. The van der Waals surface area contributed by atoms with Gasteiger partial charge in [0.2, 0.25) is 0 Å². The van der Waals surface area contributed by atoms with Crippen molar-refractivity contribution in [3.63, 3.8) is 0 Å². The van der Waals surface area contributed by atoms with Crippen LogP contribution in [0, 0.1) is 0 Å². The summed E-state index contributed by atoms with van der Waals surface area (Å²) >= 11 is 0. The number of unbranched alkanes of at least 4 members (excludes halogenated alkanes) is 43. The molecule has 0 aliphatic heterocycles. The van der Waals surface area contributed by atoms with E-state index >= 15 is 0 Å². The predicted molar refractivity (Wildman–Crippen MR) is 330 cm³/mol. The summed E-state index contributed by atoms with van der Waals surface area (Å²) in [7, 11) is 0. The molecule has 0 fully saturated rings. The summed E-state index contributed by atoms with van der Waals surface area (Å²) in [6.07, 6.45) is 81.5. The van der Waals surface area contributed by atoms with Crippen LogP contribution in [0.3, 0.4) is 0 Å². The van der Waals surface area contributed by atoms with E-state index in [1.165, 1.54) is 231 Å². The minimum absolute atomic E-state index is 0.0782. The molecule has 0 aliphatic carbocycles. The first-order valence-corrected chi connectivity index (χ1v) is 33.6. The molecule has 0 N–H and O–H groups in total. The van der Waals surface area contributed by atoms with E-state index in [9.17, 15) is 14.4 Å². The molecule has 6 heteroatoms. The molecule has 0 aromatic rings. The Labute approximate surface area is 473 Å². The third-order valence-corrected chi connectivity index (χ3v) is 15.0. The van der Waals surface area contributed by atoms with Crippen LogP contribution in [0.2, 0.25) is 0 Å². The zero-order valence-corrected chi connectivity index (χ0v) is 51.0. The molecule has 0 rings (SSSR count). The summed E-state index contributed by atoms with van der Waals surface area (Å²) in [5.74, 6) is -0.883. The van der Waals surface area contributed by atoms with Gasteiger partial charge in [0.15, 0.2) is 6.10 Å². The van der Waals surface area contributed by atoms with Crippen molar-refractivity contribution in [2.24, 2.45) is 0 Å². The lowest BCUT2D eigenvalue weighted by Crippen LogP contribution is -2.30. The van der Waals surface area contributed by atoms with Crippen LogP contribution >= 0.6 is 0 Å². The summed E-state index contributed by atoms with van der Waals surface area (Å²) in [4.78, 5) is 38.2. The minimum atomic E-state index is -0.782. The van der Waals surface area contributed by atoms with Gasteiger partial charge < -0.3 is 14.2 Å². The topological polar surface area (TPSA) is 78.9 Å². The Bertz CT molecular complexity index is 1310. The van der Waals surface area contributed by atoms with Crippen molar-refractivity contribution >= 4 is 17.9 Å². The maximum absolute atomic E-state index is 12.9. The molecule has 0 aromatic carbocycles. The Morgan fingerprint density at radius 3 is 0.789 bits per heavy atom. The van der Waals surface area contributed by atoms with Crippen LogP contribution in [0.25, 0.3) is 0 Å². The maximum atomic E-state index is 12.9.